The lowest BCUT2D eigenvalue weighted by Gasteiger charge is -2.39. The first kappa shape index (κ1) is 18.4. The molecule has 0 radical (unpaired) electrons. The van der Waals surface area contributed by atoms with Crippen LogP contribution >= 0.6 is 0 Å². The Morgan fingerprint density at radius 2 is 1.75 bits per heavy atom. The number of nitrogens with zero attached hydrogens (tertiary/aromatic N) is 1. The lowest BCUT2D eigenvalue weighted by molar-refractivity contribution is -0.0785. The Morgan fingerprint density at radius 3 is 2.64 bits per heavy atom. The molecule has 0 amide bonds. The number of ether oxygens (including phenoxy) is 1. The third-order valence-electron chi connectivity index (χ3n) is 7.11. The number of hydrogen-bond acceptors (Lipinski definition) is 3. The standard InChI is InChI=1S/C25H32N2O/c1-4-10-22-20(7-1)8-3-6-12-24(22)26-15-18-27-16-13-25(14-17-27)23-11-5-2-9-21(23)19-28-25/h1-2,4-5,7,9-11,24,26H,3,6,8,12-19H2. The van der Waals surface area contributed by atoms with Gasteiger partial charge in [-0.3, -0.25) is 0 Å². The normalized spacial score (nSPS) is 23.9. The van der Waals surface area contributed by atoms with Crippen LogP contribution in [-0.4, -0.2) is 31.1 Å². The molecule has 1 fully saturated rings. The van der Waals surface area contributed by atoms with E-state index in [2.05, 4.69) is 58.7 Å². The van der Waals surface area contributed by atoms with Crippen LogP contribution in [0.4, 0.5) is 0 Å². The van der Waals surface area contributed by atoms with E-state index in [0.717, 1.165) is 45.6 Å². The summed E-state index contributed by atoms with van der Waals surface area (Å²) >= 11 is 0. The highest BCUT2D eigenvalue weighted by Gasteiger charge is 2.42. The Balaban J connectivity index is 1.15. The highest BCUT2D eigenvalue weighted by molar-refractivity contribution is 5.36. The maximum atomic E-state index is 6.31. The molecular weight excluding hydrogens is 344 g/mol. The first-order valence-corrected chi connectivity index (χ1v) is 11.1. The van der Waals surface area contributed by atoms with Crippen molar-refractivity contribution in [1.29, 1.82) is 0 Å². The van der Waals surface area contributed by atoms with Gasteiger partial charge in [0.25, 0.3) is 0 Å². The molecule has 28 heavy (non-hydrogen) atoms. The Labute approximate surface area is 169 Å². The number of fused-ring (bicyclic) bond motifs is 3. The second-order valence-corrected chi connectivity index (χ2v) is 8.73. The monoisotopic (exact) mass is 376 g/mol. The van der Waals surface area contributed by atoms with E-state index in [1.165, 1.54) is 42.4 Å². The van der Waals surface area contributed by atoms with Crippen LogP contribution in [0.15, 0.2) is 48.5 Å². The summed E-state index contributed by atoms with van der Waals surface area (Å²) in [6.45, 7) is 5.27. The smallest absolute Gasteiger partial charge is 0.0963 e. The molecule has 148 valence electrons. The molecule has 1 saturated heterocycles. The van der Waals surface area contributed by atoms with Gasteiger partial charge in [-0.1, -0.05) is 55.0 Å². The molecule has 1 atom stereocenters. The zero-order chi connectivity index (χ0) is 18.8. The molecule has 2 heterocycles. The van der Waals surface area contributed by atoms with Gasteiger partial charge in [-0.2, -0.15) is 0 Å². The summed E-state index contributed by atoms with van der Waals surface area (Å²) in [5.41, 5.74) is 5.91. The van der Waals surface area contributed by atoms with Crippen LogP contribution in [0.1, 0.15) is 60.4 Å². The van der Waals surface area contributed by atoms with Crippen LogP contribution in [-0.2, 0) is 23.4 Å². The van der Waals surface area contributed by atoms with Gasteiger partial charge in [0.1, 0.15) is 0 Å². The molecule has 2 aromatic rings. The van der Waals surface area contributed by atoms with Crippen molar-refractivity contribution in [3.8, 4) is 0 Å². The van der Waals surface area contributed by atoms with E-state index in [1.54, 1.807) is 5.56 Å². The summed E-state index contributed by atoms with van der Waals surface area (Å²) in [6.07, 6.45) is 7.40. The van der Waals surface area contributed by atoms with Gasteiger partial charge < -0.3 is 15.0 Å². The number of nitrogens with one attached hydrogen (secondary N) is 1. The second-order valence-electron chi connectivity index (χ2n) is 8.73. The molecular formula is C25H32N2O. The number of rotatable bonds is 4. The van der Waals surface area contributed by atoms with Crippen LogP contribution in [0.2, 0.25) is 0 Å². The first-order chi connectivity index (χ1) is 13.8. The molecule has 1 unspecified atom stereocenters. The topological polar surface area (TPSA) is 24.5 Å². The van der Waals surface area contributed by atoms with Crippen LogP contribution in [0, 0.1) is 0 Å². The Morgan fingerprint density at radius 1 is 0.964 bits per heavy atom. The summed E-state index contributed by atoms with van der Waals surface area (Å²) in [5, 5.41) is 3.87. The quantitative estimate of drug-likeness (QED) is 0.792. The highest BCUT2D eigenvalue weighted by atomic mass is 16.5. The average Bonchev–Trinajstić information content (AvgIpc) is 2.96. The minimum Gasteiger partial charge on any atom is -0.365 e. The number of benzene rings is 2. The predicted molar refractivity (Wildman–Crippen MR) is 113 cm³/mol. The van der Waals surface area contributed by atoms with E-state index < -0.39 is 0 Å². The fraction of sp³-hybridized carbons (Fsp3) is 0.520. The second kappa shape index (κ2) is 7.98. The van der Waals surface area contributed by atoms with Gasteiger partial charge in [-0.25, -0.2) is 0 Å². The number of hydrogen-bond donors (Lipinski definition) is 1. The first-order valence-electron chi connectivity index (χ1n) is 11.1. The Bertz CT molecular complexity index is 810. The molecule has 3 aliphatic rings. The van der Waals surface area contributed by atoms with Gasteiger partial charge in [0, 0.05) is 32.2 Å². The van der Waals surface area contributed by atoms with Crippen molar-refractivity contribution in [2.75, 3.05) is 26.2 Å². The molecule has 0 aromatic heterocycles. The van der Waals surface area contributed by atoms with Gasteiger partial charge in [0.15, 0.2) is 0 Å². The summed E-state index contributed by atoms with van der Waals surface area (Å²) in [4.78, 5) is 2.62. The van der Waals surface area contributed by atoms with Gasteiger partial charge in [0.2, 0.25) is 0 Å². The van der Waals surface area contributed by atoms with Crippen molar-refractivity contribution >= 4 is 0 Å². The summed E-state index contributed by atoms with van der Waals surface area (Å²) in [6, 6.07) is 18.4. The van der Waals surface area contributed by atoms with Crippen LogP contribution < -0.4 is 5.32 Å². The van der Waals surface area contributed by atoms with E-state index in [9.17, 15) is 0 Å². The number of piperidine rings is 1. The lowest BCUT2D eigenvalue weighted by atomic mass is 9.84. The summed E-state index contributed by atoms with van der Waals surface area (Å²) < 4.78 is 6.31. The van der Waals surface area contributed by atoms with E-state index in [-0.39, 0.29) is 5.60 Å². The molecule has 1 aliphatic carbocycles. The molecule has 3 nitrogen and oxygen atoms in total. The average molecular weight is 377 g/mol. The zero-order valence-electron chi connectivity index (χ0n) is 16.8. The van der Waals surface area contributed by atoms with E-state index in [1.807, 2.05) is 0 Å². The van der Waals surface area contributed by atoms with Crippen molar-refractivity contribution in [2.24, 2.45) is 0 Å². The van der Waals surface area contributed by atoms with Crippen molar-refractivity contribution in [1.82, 2.24) is 10.2 Å². The molecule has 3 heteroatoms. The molecule has 2 aliphatic heterocycles. The molecule has 1 N–H and O–H groups in total. The van der Waals surface area contributed by atoms with Gasteiger partial charge in [-0.05, 0) is 54.4 Å². The lowest BCUT2D eigenvalue weighted by Crippen LogP contribution is -2.44. The van der Waals surface area contributed by atoms with E-state index in [0.29, 0.717) is 6.04 Å². The summed E-state index contributed by atoms with van der Waals surface area (Å²) in [7, 11) is 0. The highest BCUT2D eigenvalue weighted by Crippen LogP contribution is 2.43. The van der Waals surface area contributed by atoms with Gasteiger partial charge in [-0.15, -0.1) is 0 Å². The molecule has 0 saturated carbocycles. The van der Waals surface area contributed by atoms with E-state index >= 15 is 0 Å². The third kappa shape index (κ3) is 3.52. The SMILES string of the molecule is c1ccc2c(c1)CCCCC2NCCN1CCC2(CC1)OCc1ccccc12. The van der Waals surface area contributed by atoms with Crippen molar-refractivity contribution in [2.45, 2.75) is 56.8 Å². The minimum absolute atomic E-state index is 0.0131. The predicted octanol–water partition coefficient (Wildman–Crippen LogP) is 4.57. The fourth-order valence-electron chi connectivity index (χ4n) is 5.47. The van der Waals surface area contributed by atoms with Crippen LogP contribution in [0.25, 0.3) is 0 Å². The Hall–Kier alpha value is -1.68. The van der Waals surface area contributed by atoms with Gasteiger partial charge in [0.05, 0.1) is 12.2 Å². The number of likely N-dealkylation sites (tertiary alicyclic amines) is 1. The van der Waals surface area contributed by atoms with Crippen molar-refractivity contribution in [3.63, 3.8) is 0 Å². The molecule has 5 rings (SSSR count). The molecule has 2 aromatic carbocycles. The molecule has 1 spiro atoms. The van der Waals surface area contributed by atoms with Crippen LogP contribution in [0.5, 0.6) is 0 Å². The third-order valence-corrected chi connectivity index (χ3v) is 7.11. The van der Waals surface area contributed by atoms with Crippen molar-refractivity contribution < 1.29 is 4.74 Å². The minimum atomic E-state index is -0.0131. The maximum absolute atomic E-state index is 6.31. The Kier molecular flexibility index (Phi) is 5.23. The molecule has 0 bridgehead atoms. The maximum Gasteiger partial charge on any atom is 0.0963 e. The zero-order valence-corrected chi connectivity index (χ0v) is 16.8. The fourth-order valence-corrected chi connectivity index (χ4v) is 5.47. The van der Waals surface area contributed by atoms with E-state index in [4.69, 9.17) is 4.74 Å². The number of aryl methyl sites for hydroxylation is 1. The van der Waals surface area contributed by atoms with Crippen LogP contribution in [0.3, 0.4) is 0 Å². The summed E-state index contributed by atoms with van der Waals surface area (Å²) in [5.74, 6) is 0. The van der Waals surface area contributed by atoms with Crippen molar-refractivity contribution in [3.05, 3.63) is 70.8 Å². The van der Waals surface area contributed by atoms with Gasteiger partial charge >= 0.3 is 0 Å². The largest absolute Gasteiger partial charge is 0.365 e.